The van der Waals surface area contributed by atoms with Crippen LogP contribution in [0.15, 0.2) is 23.1 Å². The summed E-state index contributed by atoms with van der Waals surface area (Å²) in [6.07, 6.45) is 0. The van der Waals surface area contributed by atoms with Gasteiger partial charge in [-0.3, -0.25) is 0 Å². The van der Waals surface area contributed by atoms with Gasteiger partial charge in [-0.05, 0) is 31.9 Å². The topological polar surface area (TPSA) is 64.6 Å². The van der Waals surface area contributed by atoms with Crippen molar-refractivity contribution in [2.45, 2.75) is 32.6 Å². The summed E-state index contributed by atoms with van der Waals surface area (Å²) in [5.41, 5.74) is 0. The summed E-state index contributed by atoms with van der Waals surface area (Å²) >= 11 is 0. The van der Waals surface area contributed by atoms with E-state index in [0.29, 0.717) is 31.3 Å². The van der Waals surface area contributed by atoms with E-state index < -0.39 is 10.0 Å². The molecule has 0 aliphatic carbocycles. The average Bonchev–Trinajstić information content (AvgIpc) is 2.39. The normalized spacial score (nSPS) is 11.7. The van der Waals surface area contributed by atoms with Crippen LogP contribution in [0.2, 0.25) is 0 Å². The van der Waals surface area contributed by atoms with Gasteiger partial charge in [0, 0.05) is 12.6 Å². The van der Waals surface area contributed by atoms with E-state index in [2.05, 4.69) is 4.72 Å². The first-order chi connectivity index (χ1) is 9.40. The fourth-order valence-corrected chi connectivity index (χ4v) is 2.79. The van der Waals surface area contributed by atoms with Crippen LogP contribution in [0.1, 0.15) is 27.7 Å². The predicted octanol–water partition coefficient (Wildman–Crippen LogP) is 2.42. The molecule has 0 saturated heterocycles. The molecule has 0 heterocycles. The summed E-state index contributed by atoms with van der Waals surface area (Å²) in [7, 11) is -3.51. The van der Waals surface area contributed by atoms with E-state index in [0.717, 1.165) is 0 Å². The third-order valence-electron chi connectivity index (χ3n) is 2.51. The Bertz CT molecular complexity index is 526. The minimum atomic E-state index is -3.51. The molecule has 5 nitrogen and oxygen atoms in total. The molecule has 1 rings (SSSR count). The number of ether oxygens (including phenoxy) is 2. The molecule has 0 unspecified atom stereocenters. The molecule has 20 heavy (non-hydrogen) atoms. The Kier molecular flexibility index (Phi) is 6.29. The predicted molar refractivity (Wildman–Crippen MR) is 78.8 cm³/mol. The highest BCUT2D eigenvalue weighted by atomic mass is 32.2. The second kappa shape index (κ2) is 7.50. The van der Waals surface area contributed by atoms with Crippen LogP contribution in [-0.4, -0.2) is 28.2 Å². The van der Waals surface area contributed by atoms with Gasteiger partial charge in [0.1, 0.15) is 0 Å². The van der Waals surface area contributed by atoms with Crippen molar-refractivity contribution in [3.05, 3.63) is 18.2 Å². The second-order valence-electron chi connectivity index (χ2n) is 4.72. The van der Waals surface area contributed by atoms with Crippen molar-refractivity contribution in [3.8, 4) is 11.5 Å². The van der Waals surface area contributed by atoms with Crippen molar-refractivity contribution in [3.63, 3.8) is 0 Å². The maximum atomic E-state index is 12.2. The van der Waals surface area contributed by atoms with Crippen molar-refractivity contribution in [1.29, 1.82) is 0 Å². The average molecular weight is 301 g/mol. The van der Waals surface area contributed by atoms with E-state index in [-0.39, 0.29) is 10.8 Å². The van der Waals surface area contributed by atoms with Gasteiger partial charge in [-0.2, -0.15) is 0 Å². The molecular weight excluding hydrogens is 278 g/mol. The zero-order valence-corrected chi connectivity index (χ0v) is 13.3. The first kappa shape index (κ1) is 16.8. The van der Waals surface area contributed by atoms with Crippen LogP contribution in [0.3, 0.4) is 0 Å². The highest BCUT2D eigenvalue weighted by Gasteiger charge is 2.17. The van der Waals surface area contributed by atoms with Gasteiger partial charge in [-0.25, -0.2) is 13.1 Å². The lowest BCUT2D eigenvalue weighted by molar-refractivity contribution is 0.287. The Morgan fingerprint density at radius 1 is 1.10 bits per heavy atom. The van der Waals surface area contributed by atoms with E-state index in [1.165, 1.54) is 12.1 Å². The van der Waals surface area contributed by atoms with Gasteiger partial charge in [-0.1, -0.05) is 13.8 Å². The van der Waals surface area contributed by atoms with Crippen LogP contribution in [0.25, 0.3) is 0 Å². The maximum absolute atomic E-state index is 12.2. The second-order valence-corrected chi connectivity index (χ2v) is 6.49. The molecule has 0 aromatic heterocycles. The first-order valence-corrected chi connectivity index (χ1v) is 8.28. The molecule has 0 saturated carbocycles. The van der Waals surface area contributed by atoms with Crippen LogP contribution in [0.5, 0.6) is 11.5 Å². The lowest BCUT2D eigenvalue weighted by Crippen LogP contribution is -2.27. The van der Waals surface area contributed by atoms with Crippen molar-refractivity contribution < 1.29 is 17.9 Å². The summed E-state index contributed by atoms with van der Waals surface area (Å²) in [5.74, 6) is 1.25. The molecule has 1 N–H and O–H groups in total. The van der Waals surface area contributed by atoms with E-state index >= 15 is 0 Å². The Morgan fingerprint density at radius 2 is 1.70 bits per heavy atom. The van der Waals surface area contributed by atoms with Crippen LogP contribution in [-0.2, 0) is 10.0 Å². The Labute approximate surface area is 121 Å². The summed E-state index contributed by atoms with van der Waals surface area (Å²) < 4.78 is 37.7. The Hall–Kier alpha value is -1.27. The smallest absolute Gasteiger partial charge is 0.240 e. The third kappa shape index (κ3) is 4.68. The van der Waals surface area contributed by atoms with Crippen LogP contribution < -0.4 is 14.2 Å². The number of sulfonamides is 1. The molecule has 0 amide bonds. The molecular formula is C14H23NO4S. The van der Waals surface area contributed by atoms with Gasteiger partial charge in [0.05, 0.1) is 18.1 Å². The maximum Gasteiger partial charge on any atom is 0.240 e. The molecule has 114 valence electrons. The minimum Gasteiger partial charge on any atom is -0.490 e. The van der Waals surface area contributed by atoms with Crippen molar-refractivity contribution in [2.24, 2.45) is 5.92 Å². The van der Waals surface area contributed by atoms with Crippen LogP contribution >= 0.6 is 0 Å². The minimum absolute atomic E-state index is 0.185. The van der Waals surface area contributed by atoms with E-state index in [1.54, 1.807) is 6.07 Å². The zero-order chi connectivity index (χ0) is 15.2. The molecule has 0 spiro atoms. The van der Waals surface area contributed by atoms with Gasteiger partial charge in [0.25, 0.3) is 0 Å². The van der Waals surface area contributed by atoms with E-state index in [1.807, 2.05) is 27.7 Å². The summed E-state index contributed by atoms with van der Waals surface area (Å²) in [5, 5.41) is 0. The Morgan fingerprint density at radius 3 is 2.25 bits per heavy atom. The lowest BCUT2D eigenvalue weighted by atomic mass is 10.2. The molecule has 0 radical (unpaired) electrons. The highest BCUT2D eigenvalue weighted by Crippen LogP contribution is 2.30. The van der Waals surface area contributed by atoms with Crippen LogP contribution in [0.4, 0.5) is 0 Å². The third-order valence-corrected chi connectivity index (χ3v) is 3.93. The number of hydrogen-bond donors (Lipinski definition) is 1. The molecule has 0 fully saturated rings. The molecule has 1 aromatic carbocycles. The summed E-state index contributed by atoms with van der Waals surface area (Å²) in [4.78, 5) is 0.185. The highest BCUT2D eigenvalue weighted by molar-refractivity contribution is 7.89. The van der Waals surface area contributed by atoms with Crippen molar-refractivity contribution in [2.75, 3.05) is 19.8 Å². The number of benzene rings is 1. The Balaban J connectivity index is 3.03. The van der Waals surface area contributed by atoms with Crippen molar-refractivity contribution >= 4 is 10.0 Å². The van der Waals surface area contributed by atoms with Gasteiger partial charge in [0.2, 0.25) is 10.0 Å². The number of hydrogen-bond acceptors (Lipinski definition) is 4. The summed E-state index contributed by atoms with van der Waals surface area (Å²) in [6, 6.07) is 4.64. The van der Waals surface area contributed by atoms with Gasteiger partial charge in [0.15, 0.2) is 11.5 Å². The molecule has 1 aromatic rings. The number of rotatable bonds is 8. The van der Waals surface area contributed by atoms with Crippen LogP contribution in [0, 0.1) is 5.92 Å². The summed E-state index contributed by atoms with van der Waals surface area (Å²) in [6.45, 7) is 8.96. The monoisotopic (exact) mass is 301 g/mol. The fraction of sp³-hybridized carbons (Fsp3) is 0.571. The van der Waals surface area contributed by atoms with E-state index in [9.17, 15) is 8.42 Å². The SMILES string of the molecule is CCOc1ccc(S(=O)(=O)NCC(C)C)cc1OCC. The quantitative estimate of drug-likeness (QED) is 0.801. The largest absolute Gasteiger partial charge is 0.490 e. The lowest BCUT2D eigenvalue weighted by Gasteiger charge is -2.13. The van der Waals surface area contributed by atoms with Gasteiger partial charge in [-0.15, -0.1) is 0 Å². The molecule has 0 aliphatic rings. The van der Waals surface area contributed by atoms with E-state index in [4.69, 9.17) is 9.47 Å². The van der Waals surface area contributed by atoms with Gasteiger partial charge < -0.3 is 9.47 Å². The number of nitrogens with one attached hydrogen (secondary N) is 1. The van der Waals surface area contributed by atoms with Crippen molar-refractivity contribution in [1.82, 2.24) is 4.72 Å². The van der Waals surface area contributed by atoms with Gasteiger partial charge >= 0.3 is 0 Å². The fourth-order valence-electron chi connectivity index (χ4n) is 1.56. The first-order valence-electron chi connectivity index (χ1n) is 6.80. The molecule has 0 aliphatic heterocycles. The molecule has 0 atom stereocenters. The zero-order valence-electron chi connectivity index (χ0n) is 12.5. The molecule has 6 heteroatoms. The molecule has 0 bridgehead atoms. The standard InChI is InChI=1S/C14H23NO4S/c1-5-18-13-8-7-12(9-14(13)19-6-2)20(16,17)15-10-11(3)4/h7-9,11,15H,5-6,10H2,1-4H3.